The molecule has 0 aromatic heterocycles. The van der Waals surface area contributed by atoms with Crippen molar-refractivity contribution in [2.75, 3.05) is 31.6 Å². The van der Waals surface area contributed by atoms with Gasteiger partial charge >= 0.3 is 0 Å². The summed E-state index contributed by atoms with van der Waals surface area (Å²) in [6.45, 7) is 3.57. The highest BCUT2D eigenvalue weighted by Gasteiger charge is 2.46. The Morgan fingerprint density at radius 1 is 1.55 bits per heavy atom. The average Bonchev–Trinajstić information content (AvgIpc) is 3.02. The monoisotopic (exact) mass is 314 g/mol. The van der Waals surface area contributed by atoms with Crippen molar-refractivity contribution < 1.29 is 9.90 Å². The van der Waals surface area contributed by atoms with Gasteiger partial charge in [-0.3, -0.25) is 4.79 Å². The van der Waals surface area contributed by atoms with E-state index in [1.165, 1.54) is 0 Å². The van der Waals surface area contributed by atoms with E-state index < -0.39 is 6.61 Å². The smallest absolute Gasteiger partial charge is 0.248 e. The number of benzene rings is 1. The summed E-state index contributed by atoms with van der Waals surface area (Å²) in [5, 5.41) is 13.5. The molecule has 108 valence electrons. The Bertz CT molecular complexity index is 591. The summed E-state index contributed by atoms with van der Waals surface area (Å²) >= 11 is 12.4. The lowest BCUT2D eigenvalue weighted by atomic mass is 9.81. The molecule has 1 amide bonds. The maximum Gasteiger partial charge on any atom is 0.248 e. The lowest BCUT2D eigenvalue weighted by Gasteiger charge is -2.24. The molecule has 1 aromatic rings. The number of nitrogens with one attached hydrogen (secondary N) is 1. The molecule has 1 aromatic carbocycles. The minimum absolute atomic E-state index is 0.112. The van der Waals surface area contributed by atoms with Gasteiger partial charge in [0.2, 0.25) is 5.91 Å². The third-order valence-corrected chi connectivity index (χ3v) is 5.35. The van der Waals surface area contributed by atoms with Crippen molar-refractivity contribution in [3.63, 3.8) is 0 Å². The Morgan fingerprint density at radius 2 is 2.30 bits per heavy atom. The molecular weight excluding hydrogens is 299 g/mol. The first kappa shape index (κ1) is 14.0. The lowest BCUT2D eigenvalue weighted by Crippen LogP contribution is -2.36. The van der Waals surface area contributed by atoms with Gasteiger partial charge < -0.3 is 15.3 Å². The number of carbonyl (C=O) groups excluding carboxylic acids is 1. The van der Waals surface area contributed by atoms with Crippen LogP contribution in [0.4, 0.5) is 5.69 Å². The van der Waals surface area contributed by atoms with Gasteiger partial charge in [-0.1, -0.05) is 23.2 Å². The first-order chi connectivity index (χ1) is 9.48. The molecule has 0 unspecified atom stereocenters. The minimum atomic E-state index is -0.434. The van der Waals surface area contributed by atoms with E-state index in [-0.39, 0.29) is 11.3 Å². The maximum atomic E-state index is 11.7. The second-order valence-electron chi connectivity index (χ2n) is 5.58. The molecule has 2 heterocycles. The quantitative estimate of drug-likeness (QED) is 0.835. The summed E-state index contributed by atoms with van der Waals surface area (Å²) in [6, 6.07) is 1.92. The lowest BCUT2D eigenvalue weighted by molar-refractivity contribution is -0.133. The molecule has 1 fully saturated rings. The number of anilines is 1. The molecule has 1 atom stereocenters. The molecule has 0 radical (unpaired) electrons. The van der Waals surface area contributed by atoms with E-state index in [0.717, 1.165) is 29.8 Å². The standard InChI is InChI=1S/C14H16Cl2N2O2/c1-8-12(16)10(15)4-9-13(8)17-6-14(9)2-3-18(7-14)11(20)5-19/h4,17,19H,2-3,5-7H2,1H3/t14-/m0/s1. The Labute approximate surface area is 127 Å². The van der Waals surface area contributed by atoms with Crippen molar-refractivity contribution in [2.24, 2.45) is 0 Å². The summed E-state index contributed by atoms with van der Waals surface area (Å²) in [4.78, 5) is 13.4. The summed E-state index contributed by atoms with van der Waals surface area (Å²) in [5.74, 6) is -0.216. The van der Waals surface area contributed by atoms with Crippen molar-refractivity contribution in [3.8, 4) is 0 Å². The van der Waals surface area contributed by atoms with Crippen LogP contribution in [0.25, 0.3) is 0 Å². The third kappa shape index (κ3) is 1.90. The fourth-order valence-corrected chi connectivity index (χ4v) is 3.70. The van der Waals surface area contributed by atoms with Crippen molar-refractivity contribution >= 4 is 34.8 Å². The number of amides is 1. The Kier molecular flexibility index (Phi) is 3.35. The van der Waals surface area contributed by atoms with Crippen LogP contribution in [0.5, 0.6) is 0 Å². The summed E-state index contributed by atoms with van der Waals surface area (Å²) in [7, 11) is 0. The molecule has 0 saturated carbocycles. The number of likely N-dealkylation sites (tertiary alicyclic amines) is 1. The van der Waals surface area contributed by atoms with Gasteiger partial charge in [-0.15, -0.1) is 0 Å². The van der Waals surface area contributed by atoms with E-state index >= 15 is 0 Å². The highest BCUT2D eigenvalue weighted by Crippen LogP contribution is 2.48. The normalized spacial score (nSPS) is 24.1. The van der Waals surface area contributed by atoms with Crippen LogP contribution < -0.4 is 5.32 Å². The van der Waals surface area contributed by atoms with E-state index in [1.807, 2.05) is 13.0 Å². The minimum Gasteiger partial charge on any atom is -0.387 e. The summed E-state index contributed by atoms with van der Waals surface area (Å²) in [6.07, 6.45) is 0.871. The highest BCUT2D eigenvalue weighted by molar-refractivity contribution is 6.42. The zero-order valence-electron chi connectivity index (χ0n) is 11.2. The van der Waals surface area contributed by atoms with Crippen LogP contribution in [0, 0.1) is 6.92 Å². The van der Waals surface area contributed by atoms with Crippen LogP contribution in [-0.2, 0) is 10.2 Å². The third-order valence-electron chi connectivity index (χ3n) is 4.47. The zero-order chi connectivity index (χ0) is 14.5. The molecule has 2 N–H and O–H groups in total. The summed E-state index contributed by atoms with van der Waals surface area (Å²) in [5.41, 5.74) is 3.02. The Balaban J connectivity index is 2.00. The van der Waals surface area contributed by atoms with E-state index in [2.05, 4.69) is 5.32 Å². The second-order valence-corrected chi connectivity index (χ2v) is 6.36. The zero-order valence-corrected chi connectivity index (χ0v) is 12.7. The largest absolute Gasteiger partial charge is 0.387 e. The van der Waals surface area contributed by atoms with E-state index in [9.17, 15) is 4.79 Å². The number of aliphatic hydroxyl groups excluding tert-OH is 1. The molecule has 1 spiro atoms. The molecule has 0 bridgehead atoms. The number of halogens is 2. The molecule has 6 heteroatoms. The molecule has 2 aliphatic rings. The van der Waals surface area contributed by atoms with Crippen LogP contribution in [0.3, 0.4) is 0 Å². The predicted octanol–water partition coefficient (Wildman–Crippen LogP) is 2.19. The van der Waals surface area contributed by atoms with Gasteiger partial charge in [0.1, 0.15) is 6.61 Å². The van der Waals surface area contributed by atoms with Crippen LogP contribution >= 0.6 is 23.2 Å². The van der Waals surface area contributed by atoms with Gasteiger partial charge in [0.15, 0.2) is 0 Å². The number of hydrogen-bond acceptors (Lipinski definition) is 3. The van der Waals surface area contributed by atoms with Gasteiger partial charge in [0.05, 0.1) is 10.0 Å². The van der Waals surface area contributed by atoms with Crippen LogP contribution in [0.15, 0.2) is 6.07 Å². The van der Waals surface area contributed by atoms with Crippen molar-refractivity contribution in [1.29, 1.82) is 0 Å². The maximum absolute atomic E-state index is 11.7. The van der Waals surface area contributed by atoms with E-state index in [4.69, 9.17) is 28.3 Å². The second kappa shape index (κ2) is 4.79. The van der Waals surface area contributed by atoms with E-state index in [1.54, 1.807) is 4.90 Å². The molecule has 2 aliphatic heterocycles. The fourth-order valence-electron chi connectivity index (χ4n) is 3.30. The average molecular weight is 315 g/mol. The topological polar surface area (TPSA) is 52.6 Å². The number of carbonyl (C=O) groups is 1. The van der Waals surface area contributed by atoms with Gasteiger partial charge in [-0.25, -0.2) is 0 Å². The van der Waals surface area contributed by atoms with Crippen molar-refractivity contribution in [1.82, 2.24) is 4.90 Å². The first-order valence-electron chi connectivity index (χ1n) is 6.60. The highest BCUT2D eigenvalue weighted by atomic mass is 35.5. The van der Waals surface area contributed by atoms with Crippen LogP contribution in [0.2, 0.25) is 10.0 Å². The molecule has 20 heavy (non-hydrogen) atoms. The van der Waals surface area contributed by atoms with Crippen LogP contribution in [0.1, 0.15) is 17.5 Å². The van der Waals surface area contributed by atoms with Gasteiger partial charge in [-0.2, -0.15) is 0 Å². The first-order valence-corrected chi connectivity index (χ1v) is 7.36. The molecular formula is C14H16Cl2N2O2. The van der Waals surface area contributed by atoms with Gasteiger partial charge in [0.25, 0.3) is 0 Å². The molecule has 3 rings (SSSR count). The van der Waals surface area contributed by atoms with E-state index in [0.29, 0.717) is 23.1 Å². The molecule has 1 saturated heterocycles. The van der Waals surface area contributed by atoms with Crippen molar-refractivity contribution in [3.05, 3.63) is 27.2 Å². The summed E-state index contributed by atoms with van der Waals surface area (Å²) < 4.78 is 0. The number of aliphatic hydroxyl groups is 1. The molecule has 0 aliphatic carbocycles. The Morgan fingerprint density at radius 3 is 3.00 bits per heavy atom. The number of rotatable bonds is 1. The van der Waals surface area contributed by atoms with Crippen molar-refractivity contribution in [2.45, 2.75) is 18.8 Å². The number of fused-ring (bicyclic) bond motifs is 2. The fraction of sp³-hybridized carbons (Fsp3) is 0.500. The predicted molar refractivity (Wildman–Crippen MR) is 79.6 cm³/mol. The Hall–Kier alpha value is -0.970. The van der Waals surface area contributed by atoms with Crippen LogP contribution in [-0.4, -0.2) is 42.2 Å². The van der Waals surface area contributed by atoms with Gasteiger partial charge in [-0.05, 0) is 30.5 Å². The molecule has 4 nitrogen and oxygen atoms in total. The van der Waals surface area contributed by atoms with Gasteiger partial charge in [0, 0.05) is 30.7 Å². The number of hydrogen-bond donors (Lipinski definition) is 2. The number of nitrogens with zero attached hydrogens (tertiary/aromatic N) is 1. The SMILES string of the molecule is Cc1c(Cl)c(Cl)cc2c1NC[C@]21CCN(C(=O)CO)C1.